The number of carbonyl (C=O) groups is 1. The Kier molecular flexibility index (Phi) is 4.84. The number of para-hydroxylation sites is 1. The lowest BCUT2D eigenvalue weighted by atomic mass is 10.0. The highest BCUT2D eigenvalue weighted by atomic mass is 35.5. The molecule has 1 N–H and O–H groups in total. The fraction of sp³-hybridized carbons (Fsp3) is 0.238. The number of hydrogen-bond donors (Lipinski definition) is 1. The molecule has 30 heavy (non-hydrogen) atoms. The quantitative estimate of drug-likeness (QED) is 0.538. The minimum absolute atomic E-state index is 0.0428. The number of piperidine rings is 1. The van der Waals surface area contributed by atoms with Crippen LogP contribution in [0.1, 0.15) is 23.2 Å². The summed E-state index contributed by atoms with van der Waals surface area (Å²) in [6.45, 7) is 1.25. The molecule has 1 atom stereocenters. The molecule has 1 aliphatic rings. The van der Waals surface area contributed by atoms with Gasteiger partial charge in [-0.15, -0.1) is 0 Å². The number of aromatic nitrogens is 4. The van der Waals surface area contributed by atoms with E-state index in [0.29, 0.717) is 46.5 Å². The SMILES string of the molecule is O=C(c1ccccc1-n1nccn1)N1CCCC(Nc2nc3cc(Cl)ccc3o2)C1. The van der Waals surface area contributed by atoms with E-state index in [1.807, 2.05) is 29.2 Å². The summed E-state index contributed by atoms with van der Waals surface area (Å²) < 4.78 is 5.77. The van der Waals surface area contributed by atoms with Gasteiger partial charge in [0.15, 0.2) is 5.58 Å². The lowest BCUT2D eigenvalue weighted by molar-refractivity contribution is 0.0713. The minimum Gasteiger partial charge on any atom is -0.424 e. The van der Waals surface area contributed by atoms with E-state index in [2.05, 4.69) is 20.5 Å². The average molecular weight is 423 g/mol. The molecule has 1 aliphatic heterocycles. The fourth-order valence-corrected chi connectivity index (χ4v) is 3.92. The van der Waals surface area contributed by atoms with Crippen molar-refractivity contribution in [2.75, 3.05) is 18.4 Å². The van der Waals surface area contributed by atoms with Gasteiger partial charge in [-0.1, -0.05) is 23.7 Å². The van der Waals surface area contributed by atoms with E-state index in [9.17, 15) is 4.79 Å². The lowest BCUT2D eigenvalue weighted by Crippen LogP contribution is -2.45. The van der Waals surface area contributed by atoms with Gasteiger partial charge in [0.2, 0.25) is 0 Å². The largest absolute Gasteiger partial charge is 0.424 e. The van der Waals surface area contributed by atoms with Crippen molar-refractivity contribution in [3.8, 4) is 5.69 Å². The van der Waals surface area contributed by atoms with Crippen molar-refractivity contribution >= 4 is 34.6 Å². The summed E-state index contributed by atoms with van der Waals surface area (Å²) in [4.78, 5) is 21.0. The number of benzene rings is 2. The molecular formula is C21H19ClN6O2. The van der Waals surface area contributed by atoms with Crippen LogP contribution in [0.4, 0.5) is 6.01 Å². The maximum atomic E-state index is 13.3. The van der Waals surface area contributed by atoms with Crippen molar-refractivity contribution in [3.63, 3.8) is 0 Å². The number of nitrogens with one attached hydrogen (secondary N) is 1. The van der Waals surface area contributed by atoms with Crippen LogP contribution < -0.4 is 5.32 Å². The second-order valence-corrected chi connectivity index (χ2v) is 7.64. The summed E-state index contributed by atoms with van der Waals surface area (Å²) in [7, 11) is 0. The van der Waals surface area contributed by atoms with Gasteiger partial charge in [0.25, 0.3) is 11.9 Å². The molecule has 2 aromatic heterocycles. The molecule has 2 aromatic carbocycles. The molecule has 0 bridgehead atoms. The van der Waals surface area contributed by atoms with Crippen LogP contribution in [0.5, 0.6) is 0 Å². The second kappa shape index (κ2) is 7.79. The van der Waals surface area contributed by atoms with Crippen molar-refractivity contribution in [1.29, 1.82) is 0 Å². The van der Waals surface area contributed by atoms with Crippen molar-refractivity contribution in [3.05, 3.63) is 65.4 Å². The summed E-state index contributed by atoms with van der Waals surface area (Å²) >= 11 is 6.02. The number of nitrogens with zero attached hydrogens (tertiary/aromatic N) is 5. The summed E-state index contributed by atoms with van der Waals surface area (Å²) in [5, 5.41) is 12.3. The fourth-order valence-electron chi connectivity index (χ4n) is 3.76. The number of halogens is 1. The zero-order valence-electron chi connectivity index (χ0n) is 16.0. The van der Waals surface area contributed by atoms with Gasteiger partial charge in [-0.2, -0.15) is 20.0 Å². The number of anilines is 1. The zero-order valence-corrected chi connectivity index (χ0v) is 16.8. The highest BCUT2D eigenvalue weighted by Gasteiger charge is 2.27. The molecule has 1 fully saturated rings. The van der Waals surface area contributed by atoms with Crippen molar-refractivity contribution < 1.29 is 9.21 Å². The van der Waals surface area contributed by atoms with E-state index in [-0.39, 0.29) is 11.9 Å². The Labute approximate surface area is 177 Å². The number of fused-ring (bicyclic) bond motifs is 1. The van der Waals surface area contributed by atoms with E-state index in [1.54, 1.807) is 30.6 Å². The lowest BCUT2D eigenvalue weighted by Gasteiger charge is -2.33. The van der Waals surface area contributed by atoms with E-state index >= 15 is 0 Å². The van der Waals surface area contributed by atoms with E-state index in [1.165, 1.54) is 4.80 Å². The third kappa shape index (κ3) is 3.61. The van der Waals surface area contributed by atoms with Crippen molar-refractivity contribution in [2.45, 2.75) is 18.9 Å². The Morgan fingerprint density at radius 1 is 1.17 bits per heavy atom. The van der Waals surface area contributed by atoms with Gasteiger partial charge in [-0.05, 0) is 43.2 Å². The maximum Gasteiger partial charge on any atom is 0.295 e. The normalized spacial score (nSPS) is 16.7. The summed E-state index contributed by atoms with van der Waals surface area (Å²) in [6.07, 6.45) is 4.99. The Morgan fingerprint density at radius 2 is 2.00 bits per heavy atom. The number of carbonyl (C=O) groups excluding carboxylic acids is 1. The topological polar surface area (TPSA) is 89.1 Å². The zero-order chi connectivity index (χ0) is 20.5. The highest BCUT2D eigenvalue weighted by molar-refractivity contribution is 6.31. The average Bonchev–Trinajstić information content (AvgIpc) is 3.43. The highest BCUT2D eigenvalue weighted by Crippen LogP contribution is 2.25. The first-order valence-corrected chi connectivity index (χ1v) is 10.1. The summed E-state index contributed by atoms with van der Waals surface area (Å²) in [6, 6.07) is 13.2. The number of oxazole rings is 1. The predicted octanol–water partition coefficient (Wildman–Crippen LogP) is 3.78. The molecule has 0 aliphatic carbocycles. The van der Waals surface area contributed by atoms with Crippen LogP contribution >= 0.6 is 11.6 Å². The number of likely N-dealkylation sites (tertiary alicyclic amines) is 1. The second-order valence-electron chi connectivity index (χ2n) is 7.20. The Balaban J connectivity index is 1.33. The first kappa shape index (κ1) is 18.6. The first-order chi connectivity index (χ1) is 14.7. The van der Waals surface area contributed by atoms with Crippen molar-refractivity contribution in [1.82, 2.24) is 24.9 Å². The molecule has 0 saturated carbocycles. The first-order valence-electron chi connectivity index (χ1n) is 9.75. The number of amides is 1. The van der Waals surface area contributed by atoms with Gasteiger partial charge in [0.05, 0.1) is 23.6 Å². The third-order valence-electron chi connectivity index (χ3n) is 5.15. The molecule has 3 heterocycles. The minimum atomic E-state index is -0.0428. The predicted molar refractivity (Wildman–Crippen MR) is 113 cm³/mol. The number of rotatable bonds is 4. The van der Waals surface area contributed by atoms with Crippen molar-refractivity contribution in [2.24, 2.45) is 0 Å². The molecule has 152 valence electrons. The van der Waals surface area contributed by atoms with Gasteiger partial charge in [-0.3, -0.25) is 4.79 Å². The molecule has 0 radical (unpaired) electrons. The Morgan fingerprint density at radius 3 is 2.87 bits per heavy atom. The molecule has 1 unspecified atom stereocenters. The maximum absolute atomic E-state index is 13.3. The van der Waals surface area contributed by atoms with Crippen LogP contribution in [0.3, 0.4) is 0 Å². The van der Waals surface area contributed by atoms with Crippen LogP contribution in [0.15, 0.2) is 59.3 Å². The van der Waals surface area contributed by atoms with Gasteiger partial charge >= 0.3 is 0 Å². The molecular weight excluding hydrogens is 404 g/mol. The van der Waals surface area contributed by atoms with Gasteiger partial charge in [0, 0.05) is 24.2 Å². The van der Waals surface area contributed by atoms with Crippen LogP contribution in [-0.2, 0) is 0 Å². The smallest absolute Gasteiger partial charge is 0.295 e. The van der Waals surface area contributed by atoms with Crippen LogP contribution in [0.25, 0.3) is 16.8 Å². The summed E-state index contributed by atoms with van der Waals surface area (Å²) in [5.74, 6) is -0.0428. The van der Waals surface area contributed by atoms with Gasteiger partial charge < -0.3 is 14.6 Å². The third-order valence-corrected chi connectivity index (χ3v) is 5.39. The molecule has 4 aromatic rings. The molecule has 1 saturated heterocycles. The van der Waals surface area contributed by atoms with Crippen LogP contribution in [0, 0.1) is 0 Å². The molecule has 1 amide bonds. The standard InChI is InChI=1S/C21H19ClN6O2/c22-14-7-8-19-17(12-14)26-21(30-19)25-15-4-3-11-27(13-15)20(29)16-5-1-2-6-18(16)28-23-9-10-24-28/h1-2,5-10,12,15H,3-4,11,13H2,(H,25,26). The molecule has 8 nitrogen and oxygen atoms in total. The molecule has 5 rings (SSSR count). The number of hydrogen-bond acceptors (Lipinski definition) is 6. The monoisotopic (exact) mass is 422 g/mol. The van der Waals surface area contributed by atoms with E-state index in [4.69, 9.17) is 16.0 Å². The van der Waals surface area contributed by atoms with Crippen LogP contribution in [0.2, 0.25) is 5.02 Å². The Hall–Kier alpha value is -3.39. The molecule has 0 spiro atoms. The summed E-state index contributed by atoms with van der Waals surface area (Å²) in [5.41, 5.74) is 2.62. The molecule has 9 heteroatoms. The van der Waals surface area contributed by atoms with E-state index < -0.39 is 0 Å². The van der Waals surface area contributed by atoms with E-state index in [0.717, 1.165) is 12.8 Å². The van der Waals surface area contributed by atoms with Gasteiger partial charge in [-0.25, -0.2) is 0 Å². The van der Waals surface area contributed by atoms with Gasteiger partial charge in [0.1, 0.15) is 5.52 Å². The Bertz CT molecular complexity index is 1190. The van der Waals surface area contributed by atoms with Crippen LogP contribution in [-0.4, -0.2) is 49.9 Å².